The average Bonchev–Trinajstić information content (AvgIpc) is 2.46. The molecule has 0 spiro atoms. The second-order valence-electron chi connectivity index (χ2n) is 4.35. The van der Waals surface area contributed by atoms with Crippen molar-refractivity contribution in [1.29, 1.82) is 0 Å². The van der Waals surface area contributed by atoms with Crippen LogP contribution >= 0.6 is 0 Å². The van der Waals surface area contributed by atoms with Crippen molar-refractivity contribution in [2.75, 3.05) is 26.7 Å². The van der Waals surface area contributed by atoms with E-state index in [1.165, 1.54) is 30.9 Å². The quantitative estimate of drug-likeness (QED) is 0.810. The minimum atomic E-state index is -0.472. The number of halogens is 1. The lowest BCUT2D eigenvalue weighted by atomic mass is 10.1. The first-order chi connectivity index (χ1) is 9.20. The van der Waals surface area contributed by atoms with Crippen molar-refractivity contribution in [2.45, 2.75) is 6.42 Å². The summed E-state index contributed by atoms with van der Waals surface area (Å²) in [5.41, 5.74) is 1.61. The number of carbonyl (C=O) groups excluding carboxylic acids is 1. The number of benzene rings is 1. The van der Waals surface area contributed by atoms with E-state index in [-0.39, 0.29) is 11.7 Å². The molecule has 1 heterocycles. The summed E-state index contributed by atoms with van der Waals surface area (Å²) in [5, 5.41) is 6.03. The van der Waals surface area contributed by atoms with Crippen LogP contribution in [0.5, 0.6) is 5.75 Å². The fourth-order valence-corrected chi connectivity index (χ4v) is 1.93. The van der Waals surface area contributed by atoms with E-state index in [0.29, 0.717) is 12.1 Å². The normalized spacial score (nSPS) is 14.7. The van der Waals surface area contributed by atoms with Crippen LogP contribution in [0.4, 0.5) is 4.39 Å². The van der Waals surface area contributed by atoms with Gasteiger partial charge in [-0.3, -0.25) is 4.79 Å². The van der Waals surface area contributed by atoms with Crippen molar-refractivity contribution in [3.05, 3.63) is 41.2 Å². The first kappa shape index (κ1) is 13.5. The van der Waals surface area contributed by atoms with Gasteiger partial charge in [-0.1, -0.05) is 11.6 Å². The first-order valence-electron chi connectivity index (χ1n) is 6.21. The Morgan fingerprint density at radius 3 is 3.05 bits per heavy atom. The van der Waals surface area contributed by atoms with Crippen molar-refractivity contribution in [2.24, 2.45) is 0 Å². The molecule has 1 aliphatic rings. The molecule has 2 rings (SSSR count). The summed E-state index contributed by atoms with van der Waals surface area (Å²) in [6, 6.07) is 4.09. The summed E-state index contributed by atoms with van der Waals surface area (Å²) < 4.78 is 18.1. The molecular formula is C14H17FN2O2. The third-order valence-corrected chi connectivity index (χ3v) is 3.05. The van der Waals surface area contributed by atoms with Crippen LogP contribution in [0.2, 0.25) is 0 Å². The molecule has 0 aliphatic carbocycles. The highest BCUT2D eigenvalue weighted by Crippen LogP contribution is 2.18. The monoisotopic (exact) mass is 264 g/mol. The second kappa shape index (κ2) is 6.33. The molecule has 0 radical (unpaired) electrons. The third-order valence-electron chi connectivity index (χ3n) is 3.05. The van der Waals surface area contributed by atoms with Gasteiger partial charge in [0.05, 0.1) is 7.11 Å². The maximum atomic E-state index is 13.2. The van der Waals surface area contributed by atoms with E-state index < -0.39 is 5.82 Å². The Morgan fingerprint density at radius 1 is 1.53 bits per heavy atom. The molecule has 4 nitrogen and oxygen atoms in total. The first-order valence-corrected chi connectivity index (χ1v) is 6.21. The zero-order chi connectivity index (χ0) is 13.7. The van der Waals surface area contributed by atoms with Gasteiger partial charge in [0, 0.05) is 18.7 Å². The summed E-state index contributed by atoms with van der Waals surface area (Å²) in [5.74, 6) is -0.619. The average molecular weight is 264 g/mol. The van der Waals surface area contributed by atoms with Gasteiger partial charge in [-0.15, -0.1) is 0 Å². The zero-order valence-electron chi connectivity index (χ0n) is 10.8. The predicted octanol–water partition coefficient (Wildman–Crippen LogP) is 1.48. The van der Waals surface area contributed by atoms with Crippen LogP contribution < -0.4 is 15.4 Å². The third kappa shape index (κ3) is 3.54. The van der Waals surface area contributed by atoms with Crippen LogP contribution in [-0.4, -0.2) is 32.7 Å². The molecule has 1 aromatic rings. The van der Waals surface area contributed by atoms with Crippen LogP contribution in [0, 0.1) is 5.82 Å². The number of nitrogens with one attached hydrogen (secondary N) is 2. The van der Waals surface area contributed by atoms with Crippen LogP contribution in [0.15, 0.2) is 29.8 Å². The summed E-state index contributed by atoms with van der Waals surface area (Å²) in [6.45, 7) is 2.31. The van der Waals surface area contributed by atoms with Gasteiger partial charge in [-0.25, -0.2) is 4.39 Å². The maximum Gasteiger partial charge on any atom is 0.251 e. The molecule has 0 aromatic heterocycles. The largest absolute Gasteiger partial charge is 0.494 e. The van der Waals surface area contributed by atoms with E-state index in [1.54, 1.807) is 0 Å². The lowest BCUT2D eigenvalue weighted by molar-refractivity contribution is 0.0956. The van der Waals surface area contributed by atoms with Crippen molar-refractivity contribution < 1.29 is 13.9 Å². The number of amides is 1. The Bertz CT molecular complexity index is 500. The summed E-state index contributed by atoms with van der Waals surface area (Å²) in [7, 11) is 1.37. The molecule has 2 N–H and O–H groups in total. The SMILES string of the molecule is COc1cc(C(=O)NCC2=CCNCC2)ccc1F. The zero-order valence-corrected chi connectivity index (χ0v) is 10.8. The Hall–Kier alpha value is -1.88. The fraction of sp³-hybridized carbons (Fsp3) is 0.357. The van der Waals surface area contributed by atoms with E-state index in [4.69, 9.17) is 4.74 Å². The molecule has 0 saturated carbocycles. The van der Waals surface area contributed by atoms with Crippen molar-refractivity contribution in [1.82, 2.24) is 10.6 Å². The molecule has 1 amide bonds. The minimum Gasteiger partial charge on any atom is -0.494 e. The molecule has 102 valence electrons. The number of carbonyl (C=O) groups is 1. The molecule has 19 heavy (non-hydrogen) atoms. The number of methoxy groups -OCH3 is 1. The summed E-state index contributed by atoms with van der Waals surface area (Å²) >= 11 is 0. The lowest BCUT2D eigenvalue weighted by Crippen LogP contribution is -2.29. The molecule has 1 aromatic carbocycles. The topological polar surface area (TPSA) is 50.4 Å². The van der Waals surface area contributed by atoms with Crippen molar-refractivity contribution in [3.63, 3.8) is 0 Å². The number of rotatable bonds is 4. The summed E-state index contributed by atoms with van der Waals surface area (Å²) in [4.78, 5) is 11.9. The molecule has 0 bridgehead atoms. The predicted molar refractivity (Wildman–Crippen MR) is 70.9 cm³/mol. The van der Waals surface area contributed by atoms with Gasteiger partial charge < -0.3 is 15.4 Å². The molecule has 0 saturated heterocycles. The molecule has 5 heteroatoms. The van der Waals surface area contributed by atoms with E-state index in [2.05, 4.69) is 16.7 Å². The van der Waals surface area contributed by atoms with Gasteiger partial charge in [0.15, 0.2) is 11.6 Å². The van der Waals surface area contributed by atoms with Crippen molar-refractivity contribution >= 4 is 5.91 Å². The molecule has 1 aliphatic heterocycles. The number of hydrogen-bond acceptors (Lipinski definition) is 3. The Kier molecular flexibility index (Phi) is 4.52. The van der Waals surface area contributed by atoms with Gasteiger partial charge in [0.1, 0.15) is 0 Å². The van der Waals surface area contributed by atoms with E-state index in [0.717, 1.165) is 19.5 Å². The minimum absolute atomic E-state index is 0.0775. The Labute approximate surface area is 111 Å². The lowest BCUT2D eigenvalue weighted by Gasteiger charge is -2.14. The van der Waals surface area contributed by atoms with E-state index in [9.17, 15) is 9.18 Å². The highest BCUT2D eigenvalue weighted by Gasteiger charge is 2.11. The highest BCUT2D eigenvalue weighted by atomic mass is 19.1. The fourth-order valence-electron chi connectivity index (χ4n) is 1.93. The highest BCUT2D eigenvalue weighted by molar-refractivity contribution is 5.94. The molecular weight excluding hydrogens is 247 g/mol. The Morgan fingerprint density at radius 2 is 2.37 bits per heavy atom. The van der Waals surface area contributed by atoms with Gasteiger partial charge >= 0.3 is 0 Å². The summed E-state index contributed by atoms with van der Waals surface area (Å²) in [6.07, 6.45) is 3.02. The van der Waals surface area contributed by atoms with Gasteiger partial charge in [0.25, 0.3) is 5.91 Å². The standard InChI is InChI=1S/C14H17FN2O2/c1-19-13-8-11(2-3-12(13)15)14(18)17-9-10-4-6-16-7-5-10/h2-4,8,16H,5-7,9H2,1H3,(H,17,18). The molecule has 0 atom stereocenters. The van der Waals surface area contributed by atoms with E-state index >= 15 is 0 Å². The molecule has 0 fully saturated rings. The van der Waals surface area contributed by atoms with Crippen LogP contribution in [-0.2, 0) is 0 Å². The Balaban J connectivity index is 1.97. The van der Waals surface area contributed by atoms with Gasteiger partial charge in [-0.05, 0) is 31.2 Å². The molecule has 0 unspecified atom stereocenters. The van der Waals surface area contributed by atoms with Crippen LogP contribution in [0.25, 0.3) is 0 Å². The number of hydrogen-bond donors (Lipinski definition) is 2. The number of ether oxygens (including phenoxy) is 1. The van der Waals surface area contributed by atoms with Gasteiger partial charge in [0.2, 0.25) is 0 Å². The smallest absolute Gasteiger partial charge is 0.251 e. The second-order valence-corrected chi connectivity index (χ2v) is 4.35. The maximum absolute atomic E-state index is 13.2. The van der Waals surface area contributed by atoms with Crippen molar-refractivity contribution in [3.8, 4) is 5.75 Å². The van der Waals surface area contributed by atoms with E-state index in [1.807, 2.05) is 0 Å². The van der Waals surface area contributed by atoms with Crippen LogP contribution in [0.1, 0.15) is 16.8 Å². The van der Waals surface area contributed by atoms with Gasteiger partial charge in [-0.2, -0.15) is 0 Å². The van der Waals surface area contributed by atoms with Crippen LogP contribution in [0.3, 0.4) is 0 Å².